The van der Waals surface area contributed by atoms with Gasteiger partial charge in [-0.3, -0.25) is 8.78 Å². The second-order valence-corrected chi connectivity index (χ2v) is 13.0. The first kappa shape index (κ1) is 29.6. The van der Waals surface area contributed by atoms with E-state index in [-0.39, 0.29) is 24.1 Å². The molecule has 2 nitrogen and oxygen atoms in total. The summed E-state index contributed by atoms with van der Waals surface area (Å²) in [4.78, 5) is 0. The van der Waals surface area contributed by atoms with Crippen molar-refractivity contribution in [3.63, 3.8) is 0 Å². The molecule has 4 aliphatic rings. The van der Waals surface area contributed by atoms with Crippen LogP contribution in [0.1, 0.15) is 120 Å². The summed E-state index contributed by atoms with van der Waals surface area (Å²) in [5, 5.41) is 21.0. The number of alkyl halides is 2. The summed E-state index contributed by atoms with van der Waals surface area (Å²) in [5.74, 6) is 3.30. The number of allylic oxidation sites excluding steroid dienone is 2. The predicted molar refractivity (Wildman–Crippen MR) is 153 cm³/mol. The maximum Gasteiger partial charge on any atom is 0.115 e. The number of benzene rings is 1. The maximum atomic E-state index is 12.8. The number of hydrogen-bond acceptors (Lipinski definition) is 2. The molecular weight excluding hydrogens is 478 g/mol. The molecule has 0 radical (unpaired) electrons. The highest BCUT2D eigenvalue weighted by Gasteiger charge is 2.56. The first-order chi connectivity index (χ1) is 18.5. The fourth-order valence-corrected chi connectivity index (χ4v) is 8.71. The van der Waals surface area contributed by atoms with Gasteiger partial charge in [-0.1, -0.05) is 63.2 Å². The third kappa shape index (κ3) is 6.31. The van der Waals surface area contributed by atoms with Crippen LogP contribution in [0, 0.1) is 29.1 Å². The van der Waals surface area contributed by atoms with E-state index in [2.05, 4.69) is 19.1 Å². The summed E-state index contributed by atoms with van der Waals surface area (Å²) < 4.78 is 22.3. The molecule has 7 atom stereocenters. The first-order valence-electron chi connectivity index (χ1n) is 15.6. The van der Waals surface area contributed by atoms with Crippen molar-refractivity contribution in [3.8, 4) is 5.75 Å². The van der Waals surface area contributed by atoms with E-state index in [4.69, 9.17) is 0 Å². The number of fused-ring (bicyclic) bond motifs is 5. The Morgan fingerprint density at radius 3 is 2.42 bits per heavy atom. The Balaban J connectivity index is 0.00000164. The van der Waals surface area contributed by atoms with Gasteiger partial charge in [-0.25, -0.2) is 0 Å². The zero-order valence-electron chi connectivity index (χ0n) is 23.9. The molecule has 2 N–H and O–H groups in total. The quantitative estimate of drug-likeness (QED) is 0.221. The van der Waals surface area contributed by atoms with Crippen molar-refractivity contribution < 1.29 is 19.0 Å². The molecule has 4 heteroatoms. The van der Waals surface area contributed by atoms with Crippen LogP contribution in [-0.4, -0.2) is 30.2 Å². The summed E-state index contributed by atoms with van der Waals surface area (Å²) in [5.41, 5.74) is 4.37. The molecule has 0 saturated heterocycles. The Bertz CT molecular complexity index is 912. The zero-order chi connectivity index (χ0) is 27.1. The lowest BCUT2D eigenvalue weighted by molar-refractivity contribution is -0.0396. The van der Waals surface area contributed by atoms with Gasteiger partial charge in [0.2, 0.25) is 0 Å². The molecule has 0 amide bonds. The van der Waals surface area contributed by atoms with Crippen LogP contribution in [0.4, 0.5) is 8.78 Å². The third-order valence-electron chi connectivity index (χ3n) is 11.0. The minimum Gasteiger partial charge on any atom is -0.508 e. The zero-order valence-corrected chi connectivity index (χ0v) is 23.9. The minimum atomic E-state index is -0.162. The molecule has 0 aliphatic heterocycles. The van der Waals surface area contributed by atoms with Crippen molar-refractivity contribution in [2.75, 3.05) is 13.9 Å². The summed E-state index contributed by atoms with van der Waals surface area (Å²) in [7, 11) is 0.500. The monoisotopic (exact) mass is 530 g/mol. The van der Waals surface area contributed by atoms with E-state index >= 15 is 0 Å². The SMILES string of the molecule is CF.C[C@]12CC[C@@H]3c4ccc(O)cc4CC(CCCCCCCCC/C=C4\CCC4CF)[C@H]3[C@@H]1CC[C@@H]2O. The second kappa shape index (κ2) is 13.8. The standard InChI is InChI=1S/C33H49FO2.CH3F/c1-33-19-18-29-28-15-14-27(35)21-26(28)20-24(32(29)30(33)16-17-31(33)36)11-9-7-5-3-2-4-6-8-10-23-12-13-25(23)22-34;1-2/h10,14-15,21,24-25,29-32,35-36H,2-9,11-13,16-20,22H2,1H3;1H3/b23-10+;/t24?,25?,29-,30+,31+,32-,33+;/m1./s1. The molecule has 0 bridgehead atoms. The number of phenols is 1. The number of hydrogen-bond donors (Lipinski definition) is 2. The van der Waals surface area contributed by atoms with Crippen LogP contribution in [0.15, 0.2) is 29.8 Å². The molecule has 214 valence electrons. The van der Waals surface area contributed by atoms with Crippen LogP contribution in [-0.2, 0) is 6.42 Å². The van der Waals surface area contributed by atoms with Gasteiger partial charge in [0.25, 0.3) is 0 Å². The Morgan fingerprint density at radius 2 is 1.71 bits per heavy atom. The molecule has 1 aromatic carbocycles. The Morgan fingerprint density at radius 1 is 0.974 bits per heavy atom. The molecule has 3 fully saturated rings. The van der Waals surface area contributed by atoms with Crippen LogP contribution in [0.3, 0.4) is 0 Å². The largest absolute Gasteiger partial charge is 0.508 e. The van der Waals surface area contributed by atoms with Gasteiger partial charge in [0.15, 0.2) is 0 Å². The van der Waals surface area contributed by atoms with E-state index in [1.807, 2.05) is 12.1 Å². The van der Waals surface area contributed by atoms with Crippen molar-refractivity contribution in [1.29, 1.82) is 0 Å². The van der Waals surface area contributed by atoms with Gasteiger partial charge in [-0.2, -0.15) is 0 Å². The van der Waals surface area contributed by atoms with Crippen molar-refractivity contribution in [2.45, 2.75) is 122 Å². The van der Waals surface area contributed by atoms with Crippen molar-refractivity contribution in [2.24, 2.45) is 29.1 Å². The molecule has 5 rings (SSSR count). The summed E-state index contributed by atoms with van der Waals surface area (Å²) in [6.07, 6.45) is 21.6. The van der Waals surface area contributed by atoms with Crippen LogP contribution in [0.5, 0.6) is 5.75 Å². The number of rotatable bonds is 11. The van der Waals surface area contributed by atoms with Crippen molar-refractivity contribution in [1.82, 2.24) is 0 Å². The highest BCUT2D eigenvalue weighted by molar-refractivity contribution is 5.40. The van der Waals surface area contributed by atoms with Gasteiger partial charge in [0.1, 0.15) is 5.75 Å². The predicted octanol–water partition coefficient (Wildman–Crippen LogP) is 9.24. The van der Waals surface area contributed by atoms with E-state index in [1.54, 1.807) is 0 Å². The number of aliphatic hydroxyl groups is 1. The molecule has 2 unspecified atom stereocenters. The number of halogens is 2. The lowest BCUT2D eigenvalue weighted by Crippen LogP contribution is -2.47. The topological polar surface area (TPSA) is 40.5 Å². The van der Waals surface area contributed by atoms with Crippen molar-refractivity contribution in [3.05, 3.63) is 41.0 Å². The molecule has 0 spiro atoms. The second-order valence-electron chi connectivity index (χ2n) is 13.0. The summed E-state index contributed by atoms with van der Waals surface area (Å²) in [6, 6.07) is 6.13. The highest BCUT2D eigenvalue weighted by atomic mass is 19.1. The van der Waals surface area contributed by atoms with E-state index in [1.165, 1.54) is 80.9 Å². The van der Waals surface area contributed by atoms with Crippen LogP contribution >= 0.6 is 0 Å². The van der Waals surface area contributed by atoms with E-state index in [9.17, 15) is 19.0 Å². The number of aliphatic hydroxyl groups excluding tert-OH is 1. The number of phenolic OH excluding ortho intramolecular Hbond substituents is 1. The average molecular weight is 531 g/mol. The van der Waals surface area contributed by atoms with Gasteiger partial charge >= 0.3 is 0 Å². The molecule has 1 aromatic rings. The molecule has 0 aromatic heterocycles. The number of aromatic hydroxyl groups is 1. The Kier molecular flexibility index (Phi) is 10.7. The third-order valence-corrected chi connectivity index (χ3v) is 11.0. The Hall–Kier alpha value is -1.42. The van der Waals surface area contributed by atoms with Crippen LogP contribution in [0.2, 0.25) is 0 Å². The normalized spacial score (nSPS) is 34.5. The fraction of sp³-hybridized carbons (Fsp3) is 0.765. The number of unbranched alkanes of at least 4 members (excludes halogenated alkanes) is 7. The van der Waals surface area contributed by atoms with Gasteiger partial charge in [0, 0.05) is 5.92 Å². The summed E-state index contributed by atoms with van der Waals surface area (Å²) >= 11 is 0. The van der Waals surface area contributed by atoms with Crippen molar-refractivity contribution >= 4 is 0 Å². The lowest BCUT2D eigenvalue weighted by atomic mass is 9.52. The molecular formula is C34H52F2O2. The maximum absolute atomic E-state index is 12.8. The van der Waals surface area contributed by atoms with Crippen LogP contribution in [0.25, 0.3) is 0 Å². The van der Waals surface area contributed by atoms with Gasteiger partial charge in [-0.05, 0) is 117 Å². The van der Waals surface area contributed by atoms with E-state index in [0.29, 0.717) is 36.6 Å². The highest BCUT2D eigenvalue weighted by Crippen LogP contribution is 2.62. The lowest BCUT2D eigenvalue weighted by Gasteiger charge is -2.53. The smallest absolute Gasteiger partial charge is 0.115 e. The van der Waals surface area contributed by atoms with Gasteiger partial charge in [0.05, 0.1) is 20.0 Å². The van der Waals surface area contributed by atoms with E-state index < -0.39 is 0 Å². The molecule has 3 saturated carbocycles. The molecule has 0 heterocycles. The summed E-state index contributed by atoms with van der Waals surface area (Å²) in [6.45, 7) is 2.21. The minimum absolute atomic E-state index is 0.106. The average Bonchev–Trinajstić information content (AvgIpc) is 3.21. The Labute approximate surface area is 230 Å². The van der Waals surface area contributed by atoms with Gasteiger partial charge in [-0.15, -0.1) is 0 Å². The van der Waals surface area contributed by atoms with Crippen LogP contribution < -0.4 is 0 Å². The molecule has 38 heavy (non-hydrogen) atoms. The fourth-order valence-electron chi connectivity index (χ4n) is 8.71. The first-order valence-corrected chi connectivity index (χ1v) is 15.6. The van der Waals surface area contributed by atoms with E-state index in [0.717, 1.165) is 38.5 Å². The van der Waals surface area contributed by atoms with Gasteiger partial charge < -0.3 is 10.2 Å². The molecule has 4 aliphatic carbocycles.